The van der Waals surface area contributed by atoms with Crippen molar-refractivity contribution >= 4 is 35.0 Å². The zero-order valence-corrected chi connectivity index (χ0v) is 19.2. The van der Waals surface area contributed by atoms with Gasteiger partial charge < -0.3 is 4.42 Å². The molecule has 0 saturated heterocycles. The van der Waals surface area contributed by atoms with Gasteiger partial charge in [-0.3, -0.25) is 4.57 Å². The number of hydrogen-bond acceptors (Lipinski definition) is 6. The number of halogens is 3. The number of aromatic nitrogens is 5. The zero-order chi connectivity index (χ0) is 22.8. The molecule has 164 valence electrons. The molecule has 33 heavy (non-hydrogen) atoms. The molecular formula is C23H14Cl2FN5OS. The number of rotatable bonds is 6. The van der Waals surface area contributed by atoms with Crippen molar-refractivity contribution in [2.75, 3.05) is 0 Å². The summed E-state index contributed by atoms with van der Waals surface area (Å²) >= 11 is 13.9. The summed E-state index contributed by atoms with van der Waals surface area (Å²) in [6.45, 7) is 0. The van der Waals surface area contributed by atoms with E-state index in [-0.39, 0.29) is 0 Å². The monoisotopic (exact) mass is 497 g/mol. The molecule has 5 rings (SSSR count). The largest absolute Gasteiger partial charge is 0.420 e. The predicted molar refractivity (Wildman–Crippen MR) is 126 cm³/mol. The normalized spacial score (nSPS) is 11.1. The van der Waals surface area contributed by atoms with E-state index in [2.05, 4.69) is 20.4 Å². The van der Waals surface area contributed by atoms with E-state index in [9.17, 15) is 4.39 Å². The molecule has 6 nitrogen and oxygen atoms in total. The molecule has 2 aromatic heterocycles. The van der Waals surface area contributed by atoms with E-state index in [4.69, 9.17) is 27.6 Å². The van der Waals surface area contributed by atoms with Gasteiger partial charge in [-0.25, -0.2) is 4.39 Å². The van der Waals surface area contributed by atoms with Gasteiger partial charge >= 0.3 is 0 Å². The lowest BCUT2D eigenvalue weighted by Crippen LogP contribution is -2.02. The van der Waals surface area contributed by atoms with Crippen LogP contribution in [0.25, 0.3) is 28.5 Å². The fourth-order valence-electron chi connectivity index (χ4n) is 3.21. The minimum Gasteiger partial charge on any atom is -0.420 e. The molecule has 0 fully saturated rings. The van der Waals surface area contributed by atoms with Crippen LogP contribution in [0.3, 0.4) is 0 Å². The van der Waals surface area contributed by atoms with E-state index in [0.29, 0.717) is 55.4 Å². The van der Waals surface area contributed by atoms with Gasteiger partial charge in [-0.1, -0.05) is 71.4 Å². The zero-order valence-electron chi connectivity index (χ0n) is 16.8. The summed E-state index contributed by atoms with van der Waals surface area (Å²) in [5, 5.41) is 18.2. The van der Waals surface area contributed by atoms with Crippen molar-refractivity contribution in [3.8, 4) is 28.5 Å². The summed E-state index contributed by atoms with van der Waals surface area (Å²) < 4.78 is 22.2. The van der Waals surface area contributed by atoms with Crippen molar-refractivity contribution in [3.63, 3.8) is 0 Å². The first-order valence-electron chi connectivity index (χ1n) is 9.77. The second kappa shape index (κ2) is 9.35. The van der Waals surface area contributed by atoms with E-state index in [1.807, 2.05) is 30.3 Å². The molecule has 0 saturated carbocycles. The van der Waals surface area contributed by atoms with Gasteiger partial charge in [0.25, 0.3) is 0 Å². The summed E-state index contributed by atoms with van der Waals surface area (Å²) in [5.41, 5.74) is 1.60. The molecule has 0 aliphatic carbocycles. The fraction of sp³-hybridized carbons (Fsp3) is 0.0435. The molecular weight excluding hydrogens is 484 g/mol. The van der Waals surface area contributed by atoms with Crippen LogP contribution in [-0.4, -0.2) is 25.0 Å². The molecule has 5 aromatic rings. The van der Waals surface area contributed by atoms with Crippen LogP contribution < -0.4 is 0 Å². The highest BCUT2D eigenvalue weighted by Gasteiger charge is 2.21. The minimum atomic E-state index is -0.411. The second-order valence-corrected chi connectivity index (χ2v) is 8.60. The van der Waals surface area contributed by atoms with Crippen LogP contribution in [0.4, 0.5) is 4.39 Å². The average Bonchev–Trinajstić information content (AvgIpc) is 3.46. The fourth-order valence-corrected chi connectivity index (χ4v) is 4.43. The van der Waals surface area contributed by atoms with Gasteiger partial charge in [-0.15, -0.1) is 20.4 Å². The van der Waals surface area contributed by atoms with Crippen LogP contribution >= 0.6 is 35.0 Å². The maximum atomic E-state index is 14.7. The van der Waals surface area contributed by atoms with E-state index < -0.39 is 5.82 Å². The molecule has 3 aromatic carbocycles. The first-order chi connectivity index (χ1) is 16.1. The van der Waals surface area contributed by atoms with Crippen molar-refractivity contribution in [3.05, 3.63) is 94.5 Å². The number of nitrogens with zero attached hydrogens (tertiary/aromatic N) is 5. The van der Waals surface area contributed by atoms with E-state index >= 15 is 0 Å². The molecule has 0 unspecified atom stereocenters. The molecule has 0 N–H and O–H groups in total. The molecule has 0 aliphatic heterocycles. The Morgan fingerprint density at radius 2 is 1.45 bits per heavy atom. The molecule has 0 bridgehead atoms. The molecule has 0 atom stereocenters. The Bertz CT molecular complexity index is 1440. The Kier molecular flexibility index (Phi) is 6.13. The lowest BCUT2D eigenvalue weighted by atomic mass is 10.2. The van der Waals surface area contributed by atoms with Crippen LogP contribution in [0, 0.1) is 5.82 Å². The van der Waals surface area contributed by atoms with Crippen molar-refractivity contribution in [1.29, 1.82) is 0 Å². The highest BCUT2D eigenvalue weighted by atomic mass is 35.5. The lowest BCUT2D eigenvalue weighted by Gasteiger charge is -2.11. The first kappa shape index (κ1) is 21.6. The van der Waals surface area contributed by atoms with Crippen LogP contribution in [0.2, 0.25) is 10.0 Å². The number of benzene rings is 3. The Morgan fingerprint density at radius 3 is 2.18 bits per heavy atom. The molecule has 0 radical (unpaired) electrons. The van der Waals surface area contributed by atoms with Gasteiger partial charge in [0.15, 0.2) is 11.0 Å². The van der Waals surface area contributed by atoms with Crippen molar-refractivity contribution < 1.29 is 8.81 Å². The SMILES string of the molecule is Fc1ccccc1-n1c(SCc2nnc(-c3ccccc3Cl)o2)nnc1-c1ccccc1Cl. The lowest BCUT2D eigenvalue weighted by molar-refractivity contribution is 0.528. The smallest absolute Gasteiger partial charge is 0.249 e. The van der Waals surface area contributed by atoms with Gasteiger partial charge in [0.2, 0.25) is 11.8 Å². The Balaban J connectivity index is 1.49. The summed E-state index contributed by atoms with van der Waals surface area (Å²) in [5.74, 6) is 1.01. The Labute approximate surface area is 202 Å². The summed E-state index contributed by atoms with van der Waals surface area (Å²) in [6, 6.07) is 20.8. The molecule has 10 heteroatoms. The average molecular weight is 498 g/mol. The van der Waals surface area contributed by atoms with Crippen LogP contribution in [0.1, 0.15) is 5.89 Å². The van der Waals surface area contributed by atoms with Crippen LogP contribution in [-0.2, 0) is 5.75 Å². The quantitative estimate of drug-likeness (QED) is 0.242. The van der Waals surface area contributed by atoms with Crippen LogP contribution in [0.15, 0.2) is 82.4 Å². The molecule has 0 aliphatic rings. The third-order valence-electron chi connectivity index (χ3n) is 4.74. The standard InChI is InChI=1S/C23H14Cl2FN5OS/c24-16-9-3-1-7-14(16)21-28-30-23(31(21)19-12-6-5-11-18(19)26)33-13-20-27-29-22(32-20)15-8-2-4-10-17(15)25/h1-12H,13H2. The van der Waals surface area contributed by atoms with Gasteiger partial charge in [-0.05, 0) is 36.4 Å². The maximum Gasteiger partial charge on any atom is 0.249 e. The predicted octanol–water partition coefficient (Wildman–Crippen LogP) is 6.72. The number of thioether (sulfide) groups is 1. The highest BCUT2D eigenvalue weighted by molar-refractivity contribution is 7.98. The van der Waals surface area contributed by atoms with Crippen LogP contribution in [0.5, 0.6) is 0 Å². The highest BCUT2D eigenvalue weighted by Crippen LogP contribution is 2.34. The van der Waals surface area contributed by atoms with E-state index in [1.165, 1.54) is 17.8 Å². The third kappa shape index (κ3) is 4.37. The van der Waals surface area contributed by atoms with E-state index in [0.717, 1.165) is 0 Å². The van der Waals surface area contributed by atoms with Gasteiger partial charge in [0.1, 0.15) is 5.82 Å². The first-order valence-corrected chi connectivity index (χ1v) is 11.5. The summed E-state index contributed by atoms with van der Waals surface area (Å²) in [4.78, 5) is 0. The number of hydrogen-bond donors (Lipinski definition) is 0. The topological polar surface area (TPSA) is 69.6 Å². The number of para-hydroxylation sites is 1. The van der Waals surface area contributed by atoms with Gasteiger partial charge in [0, 0.05) is 5.56 Å². The Morgan fingerprint density at radius 1 is 0.788 bits per heavy atom. The summed E-state index contributed by atoms with van der Waals surface area (Å²) in [7, 11) is 0. The molecule has 0 amide bonds. The second-order valence-electron chi connectivity index (χ2n) is 6.84. The van der Waals surface area contributed by atoms with Gasteiger partial charge in [-0.2, -0.15) is 0 Å². The van der Waals surface area contributed by atoms with Crippen molar-refractivity contribution in [1.82, 2.24) is 25.0 Å². The van der Waals surface area contributed by atoms with Gasteiger partial charge in [0.05, 0.1) is 27.0 Å². The summed E-state index contributed by atoms with van der Waals surface area (Å²) in [6.07, 6.45) is 0. The molecule has 2 heterocycles. The molecule has 0 spiro atoms. The minimum absolute atomic E-state index is 0.298. The van der Waals surface area contributed by atoms with Crippen molar-refractivity contribution in [2.24, 2.45) is 0 Å². The van der Waals surface area contributed by atoms with Crippen molar-refractivity contribution in [2.45, 2.75) is 10.9 Å². The Hall–Kier alpha value is -3.20. The maximum absolute atomic E-state index is 14.7. The third-order valence-corrected chi connectivity index (χ3v) is 6.31. The van der Waals surface area contributed by atoms with E-state index in [1.54, 1.807) is 41.0 Å².